The molecule has 0 atom stereocenters. The van der Waals surface area contributed by atoms with E-state index in [1.54, 1.807) is 28.6 Å². The van der Waals surface area contributed by atoms with Crippen LogP contribution in [-0.4, -0.2) is 28.0 Å². The van der Waals surface area contributed by atoms with Crippen molar-refractivity contribution < 1.29 is 9.18 Å². The fraction of sp³-hybridized carbons (Fsp3) is 0.273. The molecule has 0 fully saturated rings. The fourth-order valence-electron chi connectivity index (χ4n) is 3.00. The topological polar surface area (TPSA) is 46.9 Å². The lowest BCUT2D eigenvalue weighted by Crippen LogP contribution is -2.26. The van der Waals surface area contributed by atoms with Crippen LogP contribution in [0, 0.1) is 26.6 Å². The van der Waals surface area contributed by atoms with E-state index in [2.05, 4.69) is 41.6 Å². The lowest BCUT2D eigenvalue weighted by Gasteiger charge is -2.07. The zero-order chi connectivity index (χ0) is 20.1. The number of nitrogens with zero attached hydrogens (tertiary/aromatic N) is 2. The highest BCUT2D eigenvalue weighted by molar-refractivity contribution is 7.98. The van der Waals surface area contributed by atoms with Crippen LogP contribution in [0.2, 0.25) is 0 Å². The molecule has 0 radical (unpaired) electrons. The third-order valence-corrected chi connectivity index (χ3v) is 5.54. The molecule has 1 amide bonds. The van der Waals surface area contributed by atoms with Gasteiger partial charge >= 0.3 is 0 Å². The molecule has 0 bridgehead atoms. The monoisotopic (exact) mass is 397 g/mol. The molecule has 0 aliphatic rings. The van der Waals surface area contributed by atoms with E-state index < -0.39 is 0 Å². The van der Waals surface area contributed by atoms with Crippen LogP contribution in [0.5, 0.6) is 0 Å². The molecule has 146 valence electrons. The van der Waals surface area contributed by atoms with Gasteiger partial charge in [0.15, 0.2) is 0 Å². The predicted molar refractivity (Wildman–Crippen MR) is 113 cm³/mol. The van der Waals surface area contributed by atoms with Crippen molar-refractivity contribution in [3.8, 4) is 5.69 Å². The normalized spacial score (nSPS) is 10.9. The molecule has 1 aromatic heterocycles. The number of aromatic nitrogens is 2. The van der Waals surface area contributed by atoms with Gasteiger partial charge in [-0.1, -0.05) is 29.8 Å². The Morgan fingerprint density at radius 1 is 1.07 bits per heavy atom. The van der Waals surface area contributed by atoms with E-state index in [0.29, 0.717) is 17.8 Å². The highest BCUT2D eigenvalue weighted by atomic mass is 32.2. The first-order valence-corrected chi connectivity index (χ1v) is 10.3. The second-order valence-corrected chi connectivity index (χ2v) is 7.83. The van der Waals surface area contributed by atoms with E-state index in [9.17, 15) is 9.18 Å². The van der Waals surface area contributed by atoms with Crippen LogP contribution in [0.1, 0.15) is 32.9 Å². The number of thioether (sulfide) groups is 1. The summed E-state index contributed by atoms with van der Waals surface area (Å²) in [6.45, 7) is 6.34. The summed E-state index contributed by atoms with van der Waals surface area (Å²) in [5.41, 5.74) is 5.25. The Hall–Kier alpha value is -2.60. The molecular weight excluding hydrogens is 373 g/mol. The van der Waals surface area contributed by atoms with Crippen molar-refractivity contribution in [1.82, 2.24) is 15.1 Å². The Morgan fingerprint density at radius 3 is 2.43 bits per heavy atom. The molecule has 0 saturated carbocycles. The van der Waals surface area contributed by atoms with Crippen LogP contribution in [0.25, 0.3) is 5.69 Å². The second-order valence-electron chi connectivity index (χ2n) is 6.73. The van der Waals surface area contributed by atoms with E-state index in [0.717, 1.165) is 22.9 Å². The summed E-state index contributed by atoms with van der Waals surface area (Å²) in [6.07, 6.45) is 0. The van der Waals surface area contributed by atoms with Crippen LogP contribution in [0.4, 0.5) is 4.39 Å². The van der Waals surface area contributed by atoms with Crippen LogP contribution < -0.4 is 5.32 Å². The Labute approximate surface area is 169 Å². The van der Waals surface area contributed by atoms with Crippen LogP contribution >= 0.6 is 11.8 Å². The molecule has 1 heterocycles. The molecule has 28 heavy (non-hydrogen) atoms. The maximum atomic E-state index is 13.1. The molecule has 0 aliphatic heterocycles. The number of aryl methyl sites for hydroxylation is 2. The summed E-state index contributed by atoms with van der Waals surface area (Å²) in [5.74, 6) is 1.34. The van der Waals surface area contributed by atoms with Gasteiger partial charge in [-0.05, 0) is 50.6 Å². The van der Waals surface area contributed by atoms with Crippen LogP contribution in [0.3, 0.4) is 0 Å². The number of hydrogen-bond donors (Lipinski definition) is 1. The summed E-state index contributed by atoms with van der Waals surface area (Å²) in [7, 11) is 0. The lowest BCUT2D eigenvalue weighted by atomic mass is 10.2. The molecule has 4 nitrogen and oxygen atoms in total. The third-order valence-electron chi connectivity index (χ3n) is 4.51. The van der Waals surface area contributed by atoms with Crippen LogP contribution in [-0.2, 0) is 5.75 Å². The Balaban J connectivity index is 1.55. The van der Waals surface area contributed by atoms with Gasteiger partial charge in [0.05, 0.1) is 22.6 Å². The summed E-state index contributed by atoms with van der Waals surface area (Å²) in [4.78, 5) is 12.6. The molecule has 1 N–H and O–H groups in total. The molecule has 2 aromatic carbocycles. The number of halogens is 1. The van der Waals surface area contributed by atoms with Gasteiger partial charge in [-0.25, -0.2) is 9.07 Å². The van der Waals surface area contributed by atoms with Gasteiger partial charge in [-0.2, -0.15) is 16.9 Å². The van der Waals surface area contributed by atoms with Crippen molar-refractivity contribution in [3.63, 3.8) is 0 Å². The van der Waals surface area contributed by atoms with Crippen molar-refractivity contribution in [3.05, 3.63) is 82.4 Å². The SMILES string of the molecule is Cc1ccc(CSCCNC(=O)c2c(C)nn(-c3ccc(F)cc3)c2C)cc1. The third kappa shape index (κ3) is 4.81. The number of carbonyl (C=O) groups excluding carboxylic acids is 1. The Kier molecular flexibility index (Phi) is 6.52. The lowest BCUT2D eigenvalue weighted by molar-refractivity contribution is 0.0955. The number of nitrogens with one attached hydrogen (secondary N) is 1. The van der Waals surface area contributed by atoms with Crippen molar-refractivity contribution in [1.29, 1.82) is 0 Å². The zero-order valence-corrected chi connectivity index (χ0v) is 17.1. The maximum absolute atomic E-state index is 13.1. The van der Waals surface area contributed by atoms with E-state index in [-0.39, 0.29) is 11.7 Å². The van der Waals surface area contributed by atoms with Crippen molar-refractivity contribution in [2.24, 2.45) is 0 Å². The van der Waals surface area contributed by atoms with E-state index >= 15 is 0 Å². The van der Waals surface area contributed by atoms with E-state index in [1.165, 1.54) is 23.3 Å². The molecule has 0 aliphatic carbocycles. The number of benzene rings is 2. The first-order valence-electron chi connectivity index (χ1n) is 9.19. The van der Waals surface area contributed by atoms with E-state index in [1.807, 2.05) is 13.8 Å². The molecule has 0 unspecified atom stereocenters. The molecule has 6 heteroatoms. The molecule has 3 aromatic rings. The number of carbonyl (C=O) groups is 1. The molecular formula is C22H24FN3OS. The fourth-order valence-corrected chi connectivity index (χ4v) is 3.82. The van der Waals surface area contributed by atoms with Gasteiger partial charge in [-0.3, -0.25) is 4.79 Å². The van der Waals surface area contributed by atoms with Gasteiger partial charge in [0.25, 0.3) is 5.91 Å². The first-order chi connectivity index (χ1) is 13.5. The van der Waals surface area contributed by atoms with Gasteiger partial charge in [0, 0.05) is 18.1 Å². The first kappa shape index (κ1) is 20.1. The quantitative estimate of drug-likeness (QED) is 0.593. The van der Waals surface area contributed by atoms with Crippen molar-refractivity contribution >= 4 is 17.7 Å². The molecule has 3 rings (SSSR count). The van der Waals surface area contributed by atoms with Gasteiger partial charge < -0.3 is 5.32 Å². The summed E-state index contributed by atoms with van der Waals surface area (Å²) < 4.78 is 14.8. The predicted octanol–water partition coefficient (Wildman–Crippen LogP) is 4.60. The van der Waals surface area contributed by atoms with Gasteiger partial charge in [0.2, 0.25) is 0 Å². The van der Waals surface area contributed by atoms with E-state index in [4.69, 9.17) is 0 Å². The van der Waals surface area contributed by atoms with Crippen molar-refractivity contribution in [2.75, 3.05) is 12.3 Å². The largest absolute Gasteiger partial charge is 0.351 e. The number of amides is 1. The van der Waals surface area contributed by atoms with Crippen molar-refractivity contribution in [2.45, 2.75) is 26.5 Å². The molecule has 0 saturated heterocycles. The van der Waals surface area contributed by atoms with Gasteiger partial charge in [-0.15, -0.1) is 0 Å². The Morgan fingerprint density at radius 2 is 1.75 bits per heavy atom. The molecule has 0 spiro atoms. The average molecular weight is 398 g/mol. The highest BCUT2D eigenvalue weighted by Gasteiger charge is 2.19. The number of hydrogen-bond acceptors (Lipinski definition) is 3. The number of rotatable bonds is 7. The standard InChI is InChI=1S/C22H24FN3OS/c1-15-4-6-18(7-5-15)14-28-13-12-24-22(27)21-16(2)25-26(17(21)3)20-10-8-19(23)9-11-20/h4-11H,12-14H2,1-3H3,(H,24,27). The minimum atomic E-state index is -0.300. The second kappa shape index (κ2) is 9.06. The zero-order valence-electron chi connectivity index (χ0n) is 16.3. The maximum Gasteiger partial charge on any atom is 0.255 e. The summed E-state index contributed by atoms with van der Waals surface area (Å²) >= 11 is 1.79. The van der Waals surface area contributed by atoms with Gasteiger partial charge in [0.1, 0.15) is 5.82 Å². The smallest absolute Gasteiger partial charge is 0.255 e. The minimum absolute atomic E-state index is 0.126. The summed E-state index contributed by atoms with van der Waals surface area (Å²) in [5, 5.41) is 7.43. The summed E-state index contributed by atoms with van der Waals surface area (Å²) in [6, 6.07) is 14.6. The Bertz CT molecular complexity index is 949. The average Bonchev–Trinajstić information content (AvgIpc) is 2.98. The van der Waals surface area contributed by atoms with Crippen LogP contribution in [0.15, 0.2) is 48.5 Å². The minimum Gasteiger partial charge on any atom is -0.351 e. The highest BCUT2D eigenvalue weighted by Crippen LogP contribution is 2.18.